The molecule has 0 aromatic heterocycles. The lowest BCUT2D eigenvalue weighted by atomic mass is 10.1. The second-order valence-corrected chi connectivity index (χ2v) is 5.15. The average Bonchev–Trinajstić information content (AvgIpc) is 2.42. The monoisotopic (exact) mass is 292 g/mol. The topological polar surface area (TPSA) is 58.6 Å². The third-order valence-corrected chi connectivity index (χ3v) is 3.15. The standard InChI is InChI=1S/C16H24N2O3/c1-5-8-18(11-16(20)21-4)10-15(19)17-14-9-12(2)6-7-13(14)3/h6-7,9H,5,8,10-11H2,1-4H3,(H,17,19). The van der Waals surface area contributed by atoms with E-state index in [2.05, 4.69) is 10.1 Å². The highest BCUT2D eigenvalue weighted by atomic mass is 16.5. The number of rotatable bonds is 7. The lowest BCUT2D eigenvalue weighted by Gasteiger charge is -2.20. The van der Waals surface area contributed by atoms with E-state index in [-0.39, 0.29) is 25.0 Å². The summed E-state index contributed by atoms with van der Waals surface area (Å²) in [5, 5.41) is 2.90. The van der Waals surface area contributed by atoms with E-state index in [4.69, 9.17) is 0 Å². The summed E-state index contributed by atoms with van der Waals surface area (Å²) in [4.78, 5) is 25.3. The van der Waals surface area contributed by atoms with Crippen molar-refractivity contribution >= 4 is 17.6 Å². The van der Waals surface area contributed by atoms with Gasteiger partial charge in [-0.15, -0.1) is 0 Å². The van der Waals surface area contributed by atoms with Crippen LogP contribution in [0.15, 0.2) is 18.2 Å². The average molecular weight is 292 g/mol. The first-order valence-electron chi connectivity index (χ1n) is 7.12. The molecule has 0 saturated carbocycles. The molecule has 0 radical (unpaired) electrons. The van der Waals surface area contributed by atoms with E-state index >= 15 is 0 Å². The number of esters is 1. The van der Waals surface area contributed by atoms with E-state index < -0.39 is 0 Å². The first-order valence-corrected chi connectivity index (χ1v) is 7.12. The normalized spacial score (nSPS) is 10.5. The molecule has 116 valence electrons. The fourth-order valence-corrected chi connectivity index (χ4v) is 2.04. The molecule has 0 aliphatic heterocycles. The maximum absolute atomic E-state index is 12.1. The summed E-state index contributed by atoms with van der Waals surface area (Å²) < 4.78 is 4.65. The molecular weight excluding hydrogens is 268 g/mol. The van der Waals surface area contributed by atoms with Gasteiger partial charge in [0.05, 0.1) is 20.2 Å². The highest BCUT2D eigenvalue weighted by Gasteiger charge is 2.14. The molecule has 1 N–H and O–H groups in total. The van der Waals surface area contributed by atoms with Crippen LogP contribution < -0.4 is 5.32 Å². The van der Waals surface area contributed by atoms with Gasteiger partial charge in [0.15, 0.2) is 0 Å². The van der Waals surface area contributed by atoms with Crippen LogP contribution in [0.2, 0.25) is 0 Å². The smallest absolute Gasteiger partial charge is 0.319 e. The number of amides is 1. The Balaban J connectivity index is 2.64. The third kappa shape index (κ3) is 5.95. The molecule has 0 saturated heterocycles. The Morgan fingerprint density at radius 2 is 1.95 bits per heavy atom. The maximum atomic E-state index is 12.1. The Hall–Kier alpha value is -1.88. The van der Waals surface area contributed by atoms with Crippen LogP contribution >= 0.6 is 0 Å². The largest absolute Gasteiger partial charge is 0.468 e. The van der Waals surface area contributed by atoms with Crippen molar-refractivity contribution in [1.82, 2.24) is 4.90 Å². The Bertz CT molecular complexity index is 500. The van der Waals surface area contributed by atoms with E-state index in [9.17, 15) is 9.59 Å². The Morgan fingerprint density at radius 1 is 1.24 bits per heavy atom. The lowest BCUT2D eigenvalue weighted by molar-refractivity contribution is -0.142. The van der Waals surface area contributed by atoms with Crippen LogP contribution in [0.25, 0.3) is 0 Å². The van der Waals surface area contributed by atoms with Crippen LogP contribution in [0.3, 0.4) is 0 Å². The summed E-state index contributed by atoms with van der Waals surface area (Å²) in [7, 11) is 1.35. The molecule has 0 bridgehead atoms. The fourth-order valence-electron chi connectivity index (χ4n) is 2.04. The van der Waals surface area contributed by atoms with E-state index in [0.29, 0.717) is 6.54 Å². The van der Waals surface area contributed by atoms with E-state index in [0.717, 1.165) is 23.2 Å². The molecule has 5 nitrogen and oxygen atoms in total. The van der Waals surface area contributed by atoms with Crippen molar-refractivity contribution < 1.29 is 14.3 Å². The number of nitrogens with zero attached hydrogens (tertiary/aromatic N) is 1. The highest BCUT2D eigenvalue weighted by molar-refractivity contribution is 5.93. The number of nitrogens with one attached hydrogen (secondary N) is 1. The second kappa shape index (κ2) is 8.42. The van der Waals surface area contributed by atoms with Crippen LogP contribution in [-0.4, -0.2) is 43.5 Å². The van der Waals surface area contributed by atoms with Crippen LogP contribution in [-0.2, 0) is 14.3 Å². The van der Waals surface area contributed by atoms with Crippen molar-refractivity contribution in [3.8, 4) is 0 Å². The zero-order chi connectivity index (χ0) is 15.8. The van der Waals surface area contributed by atoms with Gasteiger partial charge < -0.3 is 10.1 Å². The number of benzene rings is 1. The first kappa shape index (κ1) is 17.2. The van der Waals surface area contributed by atoms with Gasteiger partial charge >= 0.3 is 5.97 Å². The van der Waals surface area contributed by atoms with Gasteiger partial charge in [-0.1, -0.05) is 19.1 Å². The van der Waals surface area contributed by atoms with Crippen molar-refractivity contribution in [3.05, 3.63) is 29.3 Å². The predicted molar refractivity (Wildman–Crippen MR) is 83.3 cm³/mol. The van der Waals surface area contributed by atoms with Gasteiger partial charge in [-0.05, 0) is 44.0 Å². The maximum Gasteiger partial charge on any atom is 0.319 e. The molecule has 5 heteroatoms. The number of hydrogen-bond donors (Lipinski definition) is 1. The molecular formula is C16H24N2O3. The van der Waals surface area contributed by atoms with Gasteiger partial charge in [0, 0.05) is 5.69 Å². The van der Waals surface area contributed by atoms with Gasteiger partial charge in [-0.25, -0.2) is 0 Å². The summed E-state index contributed by atoms with van der Waals surface area (Å²) in [6.07, 6.45) is 0.869. The molecule has 0 aliphatic carbocycles. The number of methoxy groups -OCH3 is 1. The summed E-state index contributed by atoms with van der Waals surface area (Å²) in [5.74, 6) is -0.455. The van der Waals surface area contributed by atoms with E-state index in [1.165, 1.54) is 7.11 Å². The number of hydrogen-bond acceptors (Lipinski definition) is 4. The molecule has 0 unspecified atom stereocenters. The van der Waals surface area contributed by atoms with E-state index in [1.54, 1.807) is 4.90 Å². The molecule has 0 spiro atoms. The molecule has 1 aromatic carbocycles. The van der Waals surface area contributed by atoms with Crippen LogP contribution in [0.5, 0.6) is 0 Å². The number of carbonyl (C=O) groups excluding carboxylic acids is 2. The molecule has 0 atom stereocenters. The molecule has 21 heavy (non-hydrogen) atoms. The summed E-state index contributed by atoms with van der Waals surface area (Å²) in [6, 6.07) is 5.92. The molecule has 1 rings (SSSR count). The Labute approximate surface area is 126 Å². The second-order valence-electron chi connectivity index (χ2n) is 5.15. The van der Waals surface area contributed by atoms with Crippen LogP contribution in [0.4, 0.5) is 5.69 Å². The summed E-state index contributed by atoms with van der Waals surface area (Å²) >= 11 is 0. The summed E-state index contributed by atoms with van der Waals surface area (Å²) in [5.41, 5.74) is 2.93. The zero-order valence-electron chi connectivity index (χ0n) is 13.2. The molecule has 1 aromatic rings. The zero-order valence-corrected chi connectivity index (χ0v) is 13.2. The van der Waals surface area contributed by atoms with Gasteiger partial charge in [-0.3, -0.25) is 14.5 Å². The van der Waals surface area contributed by atoms with Crippen molar-refractivity contribution in [3.63, 3.8) is 0 Å². The van der Waals surface area contributed by atoms with Crippen molar-refractivity contribution in [2.45, 2.75) is 27.2 Å². The number of anilines is 1. The van der Waals surface area contributed by atoms with Crippen LogP contribution in [0.1, 0.15) is 24.5 Å². The van der Waals surface area contributed by atoms with Gasteiger partial charge in [-0.2, -0.15) is 0 Å². The van der Waals surface area contributed by atoms with Crippen molar-refractivity contribution in [2.75, 3.05) is 32.1 Å². The third-order valence-electron chi connectivity index (χ3n) is 3.15. The van der Waals surface area contributed by atoms with Gasteiger partial charge in [0.2, 0.25) is 5.91 Å². The SMILES string of the molecule is CCCN(CC(=O)Nc1cc(C)ccc1C)CC(=O)OC. The lowest BCUT2D eigenvalue weighted by Crippen LogP contribution is -2.37. The van der Waals surface area contributed by atoms with E-state index in [1.807, 2.05) is 39.0 Å². The van der Waals surface area contributed by atoms with Crippen LogP contribution in [0, 0.1) is 13.8 Å². The summed E-state index contributed by atoms with van der Waals surface area (Å²) in [6.45, 7) is 6.92. The minimum Gasteiger partial charge on any atom is -0.468 e. The first-order chi connectivity index (χ1) is 9.96. The quantitative estimate of drug-likeness (QED) is 0.782. The number of carbonyl (C=O) groups is 2. The highest BCUT2D eigenvalue weighted by Crippen LogP contribution is 2.16. The molecule has 1 amide bonds. The minimum absolute atomic E-state index is 0.124. The fraction of sp³-hybridized carbons (Fsp3) is 0.500. The minimum atomic E-state index is -0.331. The van der Waals surface area contributed by atoms with Crippen molar-refractivity contribution in [2.24, 2.45) is 0 Å². The number of aryl methyl sites for hydroxylation is 2. The van der Waals surface area contributed by atoms with Gasteiger partial charge in [0.1, 0.15) is 0 Å². The molecule has 0 fully saturated rings. The predicted octanol–water partition coefficient (Wildman–Crippen LogP) is 2.13. The Morgan fingerprint density at radius 3 is 2.57 bits per heavy atom. The molecule has 0 heterocycles. The number of ether oxygens (including phenoxy) is 1. The molecule has 0 aliphatic rings. The Kier molecular flexibility index (Phi) is 6.88. The van der Waals surface area contributed by atoms with Crippen molar-refractivity contribution in [1.29, 1.82) is 0 Å². The van der Waals surface area contributed by atoms with Gasteiger partial charge in [0.25, 0.3) is 0 Å².